The standard InChI is InChI=1S/C18H28N2O3/c1-5-6-14-7-8-16(17(10-14)22-4)23-12-18(21)20-15(11-19)9-13(2)3/h5,7-8,10,13,15H,1,6,9,11-12,19H2,2-4H3,(H,20,21). The predicted molar refractivity (Wildman–Crippen MR) is 92.8 cm³/mol. The van der Waals surface area contributed by atoms with E-state index >= 15 is 0 Å². The lowest BCUT2D eigenvalue weighted by atomic mass is 10.0. The first-order valence-electron chi connectivity index (χ1n) is 7.90. The summed E-state index contributed by atoms with van der Waals surface area (Å²) < 4.78 is 10.9. The summed E-state index contributed by atoms with van der Waals surface area (Å²) in [6, 6.07) is 5.59. The highest BCUT2D eigenvalue weighted by molar-refractivity contribution is 5.78. The minimum Gasteiger partial charge on any atom is -0.493 e. The Hall–Kier alpha value is -2.01. The summed E-state index contributed by atoms with van der Waals surface area (Å²) in [5.41, 5.74) is 6.76. The van der Waals surface area contributed by atoms with Crippen molar-refractivity contribution in [2.24, 2.45) is 11.7 Å². The van der Waals surface area contributed by atoms with E-state index in [2.05, 4.69) is 25.7 Å². The topological polar surface area (TPSA) is 73.6 Å². The van der Waals surface area contributed by atoms with E-state index in [1.807, 2.05) is 18.2 Å². The average molecular weight is 320 g/mol. The molecule has 128 valence electrons. The van der Waals surface area contributed by atoms with Crippen LogP contribution in [0.2, 0.25) is 0 Å². The van der Waals surface area contributed by atoms with Crippen LogP contribution in [0.3, 0.4) is 0 Å². The molecule has 1 rings (SSSR count). The molecule has 1 aromatic rings. The van der Waals surface area contributed by atoms with E-state index in [1.54, 1.807) is 13.2 Å². The lowest BCUT2D eigenvalue weighted by molar-refractivity contribution is -0.123. The molecule has 0 fully saturated rings. The van der Waals surface area contributed by atoms with Gasteiger partial charge in [0.05, 0.1) is 7.11 Å². The Morgan fingerprint density at radius 3 is 2.70 bits per heavy atom. The average Bonchev–Trinajstić information content (AvgIpc) is 2.52. The van der Waals surface area contributed by atoms with Crippen LogP contribution in [0.15, 0.2) is 30.9 Å². The molecule has 0 radical (unpaired) electrons. The zero-order valence-electron chi connectivity index (χ0n) is 14.3. The van der Waals surface area contributed by atoms with Gasteiger partial charge in [0, 0.05) is 12.6 Å². The van der Waals surface area contributed by atoms with Crippen LogP contribution in [0.5, 0.6) is 11.5 Å². The van der Waals surface area contributed by atoms with Crippen molar-refractivity contribution in [2.75, 3.05) is 20.3 Å². The van der Waals surface area contributed by atoms with E-state index in [9.17, 15) is 4.79 Å². The van der Waals surface area contributed by atoms with Crippen LogP contribution >= 0.6 is 0 Å². The Labute approximate surface area is 138 Å². The van der Waals surface area contributed by atoms with Crippen LogP contribution in [0.4, 0.5) is 0 Å². The van der Waals surface area contributed by atoms with Crippen LogP contribution in [-0.2, 0) is 11.2 Å². The number of nitrogens with two attached hydrogens (primary N) is 1. The van der Waals surface area contributed by atoms with Crippen molar-refractivity contribution in [3.63, 3.8) is 0 Å². The molecule has 0 spiro atoms. The van der Waals surface area contributed by atoms with Crippen LogP contribution in [0, 0.1) is 5.92 Å². The summed E-state index contributed by atoms with van der Waals surface area (Å²) in [5.74, 6) is 1.44. The second-order valence-corrected chi connectivity index (χ2v) is 5.90. The number of methoxy groups -OCH3 is 1. The van der Waals surface area contributed by atoms with Gasteiger partial charge in [0.1, 0.15) is 0 Å². The summed E-state index contributed by atoms with van der Waals surface area (Å²) in [6.45, 7) is 8.27. The van der Waals surface area contributed by atoms with Gasteiger partial charge >= 0.3 is 0 Å². The minimum atomic E-state index is -0.182. The lowest BCUT2D eigenvalue weighted by Crippen LogP contribution is -2.43. The quantitative estimate of drug-likeness (QED) is 0.649. The maximum Gasteiger partial charge on any atom is 0.258 e. The van der Waals surface area contributed by atoms with Crippen LogP contribution in [0.1, 0.15) is 25.8 Å². The molecule has 0 heterocycles. The Morgan fingerprint density at radius 2 is 2.13 bits per heavy atom. The van der Waals surface area contributed by atoms with E-state index in [0.29, 0.717) is 24.0 Å². The van der Waals surface area contributed by atoms with E-state index in [4.69, 9.17) is 15.2 Å². The van der Waals surface area contributed by atoms with Crippen molar-refractivity contribution < 1.29 is 14.3 Å². The van der Waals surface area contributed by atoms with Gasteiger partial charge in [0.25, 0.3) is 5.91 Å². The largest absolute Gasteiger partial charge is 0.493 e. The zero-order chi connectivity index (χ0) is 17.2. The van der Waals surface area contributed by atoms with Crippen molar-refractivity contribution in [1.29, 1.82) is 0 Å². The van der Waals surface area contributed by atoms with E-state index < -0.39 is 0 Å². The summed E-state index contributed by atoms with van der Waals surface area (Å²) in [4.78, 5) is 12.0. The number of amides is 1. The molecule has 1 unspecified atom stereocenters. The molecule has 0 aliphatic carbocycles. The van der Waals surface area contributed by atoms with Crippen molar-refractivity contribution in [3.05, 3.63) is 36.4 Å². The van der Waals surface area contributed by atoms with Crippen LogP contribution in [0.25, 0.3) is 0 Å². The molecule has 0 aliphatic rings. The SMILES string of the molecule is C=CCc1ccc(OCC(=O)NC(CN)CC(C)C)c(OC)c1. The van der Waals surface area contributed by atoms with Gasteiger partial charge in [-0.1, -0.05) is 26.0 Å². The number of hydrogen-bond donors (Lipinski definition) is 2. The zero-order valence-corrected chi connectivity index (χ0v) is 14.3. The van der Waals surface area contributed by atoms with Gasteiger partial charge in [0.15, 0.2) is 18.1 Å². The van der Waals surface area contributed by atoms with E-state index in [-0.39, 0.29) is 18.6 Å². The number of rotatable bonds is 10. The maximum absolute atomic E-state index is 12.0. The molecule has 0 aromatic heterocycles. The molecule has 5 heteroatoms. The second-order valence-electron chi connectivity index (χ2n) is 5.90. The molecule has 1 aromatic carbocycles. The molecule has 1 atom stereocenters. The first kappa shape index (κ1) is 19.0. The number of hydrogen-bond acceptors (Lipinski definition) is 4. The number of carbonyl (C=O) groups excluding carboxylic acids is 1. The molecule has 1 amide bonds. The lowest BCUT2D eigenvalue weighted by Gasteiger charge is -2.19. The maximum atomic E-state index is 12.0. The van der Waals surface area contributed by atoms with Crippen molar-refractivity contribution in [1.82, 2.24) is 5.32 Å². The van der Waals surface area contributed by atoms with E-state index in [0.717, 1.165) is 18.4 Å². The summed E-state index contributed by atoms with van der Waals surface area (Å²) in [5, 5.41) is 2.89. The highest BCUT2D eigenvalue weighted by atomic mass is 16.5. The molecule has 23 heavy (non-hydrogen) atoms. The third kappa shape index (κ3) is 6.74. The number of carbonyl (C=O) groups is 1. The minimum absolute atomic E-state index is 0.0250. The molecule has 5 nitrogen and oxygen atoms in total. The highest BCUT2D eigenvalue weighted by Gasteiger charge is 2.14. The van der Waals surface area contributed by atoms with Crippen molar-refractivity contribution in [3.8, 4) is 11.5 Å². The third-order valence-electron chi connectivity index (χ3n) is 3.37. The van der Waals surface area contributed by atoms with Crippen LogP contribution < -0.4 is 20.5 Å². The van der Waals surface area contributed by atoms with Gasteiger partial charge in [-0.05, 0) is 36.5 Å². The normalized spacial score (nSPS) is 11.9. The number of ether oxygens (including phenoxy) is 2. The number of benzene rings is 1. The van der Waals surface area contributed by atoms with Crippen LogP contribution in [-0.4, -0.2) is 32.2 Å². The first-order valence-corrected chi connectivity index (χ1v) is 7.90. The van der Waals surface area contributed by atoms with Crippen molar-refractivity contribution >= 4 is 5.91 Å². The van der Waals surface area contributed by atoms with Gasteiger partial charge < -0.3 is 20.5 Å². The fraction of sp³-hybridized carbons (Fsp3) is 0.500. The summed E-state index contributed by atoms with van der Waals surface area (Å²) >= 11 is 0. The Kier molecular flexibility index (Phi) is 8.19. The number of allylic oxidation sites excluding steroid dienone is 1. The molecular weight excluding hydrogens is 292 g/mol. The van der Waals surface area contributed by atoms with Crippen molar-refractivity contribution in [2.45, 2.75) is 32.7 Å². The molecule has 0 saturated carbocycles. The fourth-order valence-electron chi connectivity index (χ4n) is 2.32. The third-order valence-corrected chi connectivity index (χ3v) is 3.37. The highest BCUT2D eigenvalue weighted by Crippen LogP contribution is 2.28. The summed E-state index contributed by atoms with van der Waals surface area (Å²) in [6.07, 6.45) is 3.43. The second kappa shape index (κ2) is 9.90. The molecule has 3 N–H and O–H groups in total. The first-order chi connectivity index (χ1) is 11.0. The smallest absolute Gasteiger partial charge is 0.258 e. The number of nitrogens with one attached hydrogen (secondary N) is 1. The fourth-order valence-corrected chi connectivity index (χ4v) is 2.32. The van der Waals surface area contributed by atoms with Gasteiger partial charge in [-0.25, -0.2) is 0 Å². The molecule has 0 saturated heterocycles. The molecule has 0 aliphatic heterocycles. The van der Waals surface area contributed by atoms with E-state index in [1.165, 1.54) is 0 Å². The predicted octanol–water partition coefficient (Wildman–Crippen LogP) is 2.29. The van der Waals surface area contributed by atoms with Gasteiger partial charge in [-0.15, -0.1) is 6.58 Å². The Balaban J connectivity index is 2.59. The Bertz CT molecular complexity index is 515. The van der Waals surface area contributed by atoms with Gasteiger partial charge in [-0.2, -0.15) is 0 Å². The molecular formula is C18H28N2O3. The van der Waals surface area contributed by atoms with Gasteiger partial charge in [-0.3, -0.25) is 4.79 Å². The Morgan fingerprint density at radius 1 is 1.39 bits per heavy atom. The monoisotopic (exact) mass is 320 g/mol. The molecule has 0 bridgehead atoms. The van der Waals surface area contributed by atoms with Gasteiger partial charge in [0.2, 0.25) is 0 Å². The summed E-state index contributed by atoms with van der Waals surface area (Å²) in [7, 11) is 1.58.